The minimum atomic E-state index is -3.49. The summed E-state index contributed by atoms with van der Waals surface area (Å²) in [5, 5.41) is 0. The second kappa shape index (κ2) is 6.48. The predicted octanol–water partition coefficient (Wildman–Crippen LogP) is 1.06. The fraction of sp³-hybridized carbons (Fsp3) is 0.714. The first kappa shape index (κ1) is 16.5. The number of ether oxygens (including phenoxy) is 1. The number of hydrogen-bond donors (Lipinski definition) is 2. The first-order valence-corrected chi connectivity index (χ1v) is 8.85. The molecule has 0 bridgehead atoms. The van der Waals surface area contributed by atoms with Gasteiger partial charge in [-0.15, -0.1) is 0 Å². The Hall–Kier alpha value is -0.890. The lowest BCUT2D eigenvalue weighted by Gasteiger charge is -2.33. The fourth-order valence-corrected chi connectivity index (χ4v) is 3.79. The molecule has 120 valence electrons. The van der Waals surface area contributed by atoms with Crippen molar-refractivity contribution in [3.63, 3.8) is 0 Å². The molecule has 0 aromatic carbocycles. The van der Waals surface area contributed by atoms with Crippen LogP contribution in [0, 0.1) is 5.41 Å². The normalized spacial score (nSPS) is 18.8. The first-order chi connectivity index (χ1) is 9.90. The molecular weight excluding hydrogens is 290 g/mol. The average Bonchev–Trinajstić information content (AvgIpc) is 2.90. The lowest BCUT2D eigenvalue weighted by Crippen LogP contribution is -2.39. The van der Waals surface area contributed by atoms with E-state index in [1.54, 1.807) is 12.3 Å². The third-order valence-electron chi connectivity index (χ3n) is 4.21. The van der Waals surface area contributed by atoms with Crippen molar-refractivity contribution < 1.29 is 13.2 Å². The summed E-state index contributed by atoms with van der Waals surface area (Å²) in [5.74, 6) is 0. The molecule has 1 aromatic heterocycles. The highest BCUT2D eigenvalue weighted by atomic mass is 32.2. The molecule has 7 heteroatoms. The highest BCUT2D eigenvalue weighted by molar-refractivity contribution is 7.89. The second-order valence-corrected chi connectivity index (χ2v) is 7.67. The van der Waals surface area contributed by atoms with Crippen LogP contribution < -0.4 is 10.5 Å². The number of nitrogens with zero attached hydrogens (tertiary/aromatic N) is 1. The minimum Gasteiger partial charge on any atom is -0.381 e. The number of sulfonamides is 1. The standard InChI is InChI=1S/C14H25N3O3S/c1-3-17-10-13(8-12(17)9-15)21(18,19)16-11-14(2)4-6-20-7-5-14/h8,10,16H,3-7,9,11,15H2,1-2H3. The van der Waals surface area contributed by atoms with Crippen LogP contribution in [-0.4, -0.2) is 32.7 Å². The topological polar surface area (TPSA) is 86.3 Å². The van der Waals surface area contributed by atoms with E-state index < -0.39 is 10.0 Å². The van der Waals surface area contributed by atoms with E-state index in [4.69, 9.17) is 10.5 Å². The van der Waals surface area contributed by atoms with Crippen LogP contribution in [0.3, 0.4) is 0 Å². The van der Waals surface area contributed by atoms with E-state index in [1.807, 2.05) is 11.5 Å². The molecule has 0 radical (unpaired) electrons. The minimum absolute atomic E-state index is 0.0324. The molecule has 21 heavy (non-hydrogen) atoms. The highest BCUT2D eigenvalue weighted by Gasteiger charge is 2.29. The molecule has 1 saturated heterocycles. The molecule has 2 rings (SSSR count). The summed E-state index contributed by atoms with van der Waals surface area (Å²) in [6, 6.07) is 1.65. The lowest BCUT2D eigenvalue weighted by molar-refractivity contribution is 0.0265. The number of rotatable bonds is 6. The molecule has 0 atom stereocenters. The molecular formula is C14H25N3O3S. The monoisotopic (exact) mass is 315 g/mol. The number of hydrogen-bond acceptors (Lipinski definition) is 4. The molecule has 0 spiro atoms. The van der Waals surface area contributed by atoms with E-state index in [1.165, 1.54) is 0 Å². The number of nitrogens with one attached hydrogen (secondary N) is 1. The molecule has 1 aromatic rings. The van der Waals surface area contributed by atoms with E-state index in [0.29, 0.717) is 37.7 Å². The Labute approximate surface area is 126 Å². The highest BCUT2D eigenvalue weighted by Crippen LogP contribution is 2.29. The van der Waals surface area contributed by atoms with Crippen LogP contribution in [-0.2, 0) is 27.8 Å². The van der Waals surface area contributed by atoms with Gasteiger partial charge in [0.25, 0.3) is 0 Å². The second-order valence-electron chi connectivity index (χ2n) is 5.90. The number of aryl methyl sites for hydroxylation is 1. The maximum atomic E-state index is 12.4. The van der Waals surface area contributed by atoms with Crippen LogP contribution in [0.25, 0.3) is 0 Å². The molecule has 0 saturated carbocycles. The van der Waals surface area contributed by atoms with E-state index in [2.05, 4.69) is 11.6 Å². The van der Waals surface area contributed by atoms with Crippen LogP contribution in [0.2, 0.25) is 0 Å². The molecule has 2 heterocycles. The van der Waals surface area contributed by atoms with Gasteiger partial charge >= 0.3 is 0 Å². The zero-order valence-electron chi connectivity index (χ0n) is 12.8. The molecule has 1 aliphatic rings. The van der Waals surface area contributed by atoms with E-state index >= 15 is 0 Å². The van der Waals surface area contributed by atoms with Crippen LogP contribution in [0.15, 0.2) is 17.2 Å². The van der Waals surface area contributed by atoms with Crippen LogP contribution in [0.4, 0.5) is 0 Å². The van der Waals surface area contributed by atoms with Gasteiger partial charge in [0.15, 0.2) is 0 Å². The van der Waals surface area contributed by atoms with Crippen molar-refractivity contribution in [1.82, 2.24) is 9.29 Å². The average molecular weight is 315 g/mol. The van der Waals surface area contributed by atoms with E-state index in [0.717, 1.165) is 18.5 Å². The first-order valence-electron chi connectivity index (χ1n) is 7.37. The van der Waals surface area contributed by atoms with Gasteiger partial charge in [-0.05, 0) is 31.2 Å². The molecule has 6 nitrogen and oxygen atoms in total. The van der Waals surface area contributed by atoms with Crippen molar-refractivity contribution in [1.29, 1.82) is 0 Å². The summed E-state index contributed by atoms with van der Waals surface area (Å²) in [4.78, 5) is 0.292. The molecule has 3 N–H and O–H groups in total. The van der Waals surface area contributed by atoms with Gasteiger partial charge in [0.05, 0.1) is 4.90 Å². The summed E-state index contributed by atoms with van der Waals surface area (Å²) in [6.45, 7) is 6.93. The van der Waals surface area contributed by atoms with Gasteiger partial charge in [-0.25, -0.2) is 13.1 Å². The number of aromatic nitrogens is 1. The summed E-state index contributed by atoms with van der Waals surface area (Å²) in [5.41, 5.74) is 6.44. The van der Waals surface area contributed by atoms with Gasteiger partial charge in [0, 0.05) is 44.7 Å². The predicted molar refractivity (Wildman–Crippen MR) is 81.3 cm³/mol. The molecule has 1 fully saturated rings. The molecule has 0 aliphatic carbocycles. The molecule has 0 unspecified atom stereocenters. The Morgan fingerprint density at radius 1 is 1.43 bits per heavy atom. The molecule has 0 amide bonds. The maximum Gasteiger partial charge on any atom is 0.242 e. The summed E-state index contributed by atoms with van der Waals surface area (Å²) in [6.07, 6.45) is 3.40. The van der Waals surface area contributed by atoms with Gasteiger partial charge in [0.1, 0.15) is 0 Å². The van der Waals surface area contributed by atoms with Crippen LogP contribution in [0.1, 0.15) is 32.4 Å². The van der Waals surface area contributed by atoms with Gasteiger partial charge in [-0.3, -0.25) is 0 Å². The van der Waals surface area contributed by atoms with Gasteiger partial charge in [0.2, 0.25) is 10.0 Å². The SMILES string of the molecule is CCn1cc(S(=O)(=O)NCC2(C)CCOCC2)cc1CN. The Morgan fingerprint density at radius 3 is 2.62 bits per heavy atom. The van der Waals surface area contributed by atoms with Crippen LogP contribution >= 0.6 is 0 Å². The zero-order valence-corrected chi connectivity index (χ0v) is 13.6. The molecule has 1 aliphatic heterocycles. The quantitative estimate of drug-likeness (QED) is 0.822. The fourth-order valence-electron chi connectivity index (χ4n) is 2.53. The Balaban J connectivity index is 2.09. The summed E-state index contributed by atoms with van der Waals surface area (Å²) < 4.78 is 34.8. The van der Waals surface area contributed by atoms with Gasteiger partial charge in [-0.1, -0.05) is 6.92 Å². The van der Waals surface area contributed by atoms with Crippen molar-refractivity contribution in [2.45, 2.75) is 44.7 Å². The third-order valence-corrected chi connectivity index (χ3v) is 5.58. The zero-order chi connectivity index (χ0) is 15.5. The summed E-state index contributed by atoms with van der Waals surface area (Å²) in [7, 11) is -3.49. The number of nitrogens with two attached hydrogens (primary N) is 1. The van der Waals surface area contributed by atoms with E-state index in [9.17, 15) is 8.42 Å². The van der Waals surface area contributed by atoms with Gasteiger partial charge in [-0.2, -0.15) is 0 Å². The summed E-state index contributed by atoms with van der Waals surface area (Å²) >= 11 is 0. The van der Waals surface area contributed by atoms with Crippen LogP contribution in [0.5, 0.6) is 0 Å². The van der Waals surface area contributed by atoms with Crippen molar-refractivity contribution >= 4 is 10.0 Å². The van der Waals surface area contributed by atoms with Crippen molar-refractivity contribution in [2.24, 2.45) is 11.1 Å². The van der Waals surface area contributed by atoms with Crippen molar-refractivity contribution in [3.05, 3.63) is 18.0 Å². The lowest BCUT2D eigenvalue weighted by atomic mass is 9.83. The Morgan fingerprint density at radius 2 is 2.10 bits per heavy atom. The largest absolute Gasteiger partial charge is 0.381 e. The van der Waals surface area contributed by atoms with Gasteiger partial charge < -0.3 is 15.0 Å². The smallest absolute Gasteiger partial charge is 0.242 e. The van der Waals surface area contributed by atoms with E-state index in [-0.39, 0.29) is 5.41 Å². The van der Waals surface area contributed by atoms with Crippen molar-refractivity contribution in [2.75, 3.05) is 19.8 Å². The Bertz CT molecular complexity index is 553. The Kier molecular flexibility index (Phi) is 5.08. The third kappa shape index (κ3) is 3.85. The van der Waals surface area contributed by atoms with Crippen molar-refractivity contribution in [3.8, 4) is 0 Å². The maximum absolute atomic E-state index is 12.4.